The fourth-order valence-corrected chi connectivity index (χ4v) is 9.13. The number of likely N-dealkylation sites (tertiary alicyclic amines) is 1. The second kappa shape index (κ2) is 19.1. The number of carbonyl (C=O) groups is 4. The Morgan fingerprint density at radius 2 is 1.68 bits per heavy atom. The minimum atomic E-state index is -4.81. The van der Waals surface area contributed by atoms with Gasteiger partial charge in [0.15, 0.2) is 0 Å². The third-order valence-corrected chi connectivity index (χ3v) is 12.6. The van der Waals surface area contributed by atoms with Crippen LogP contribution in [0.1, 0.15) is 84.3 Å². The molecular formula is C43H50F4N10O5S. The van der Waals surface area contributed by atoms with Crippen LogP contribution in [0.5, 0.6) is 0 Å². The summed E-state index contributed by atoms with van der Waals surface area (Å²) in [5.41, 5.74) is 3.97. The first-order valence-corrected chi connectivity index (χ1v) is 21.7. The van der Waals surface area contributed by atoms with E-state index in [1.165, 1.54) is 37.9 Å². The van der Waals surface area contributed by atoms with Gasteiger partial charge in [-0.2, -0.15) is 13.2 Å². The molecule has 336 valence electrons. The first-order chi connectivity index (χ1) is 30.0. The molecule has 4 aliphatic rings. The summed E-state index contributed by atoms with van der Waals surface area (Å²) >= 11 is 1.27. The number of piperidine rings is 3. The molecule has 20 heteroatoms. The number of carbonyl (C=O) groups excluding carboxylic acids is 4. The molecule has 0 saturated carbocycles. The molecular weight excluding hydrogens is 845 g/mol. The first-order valence-electron chi connectivity index (χ1n) is 20.9. The molecule has 4 amide bonds. The highest BCUT2D eigenvalue weighted by molar-refractivity contribution is 7.97. The molecule has 3 saturated heterocycles. The first kappa shape index (κ1) is 45.6. The number of hydrogen-bond donors (Lipinski definition) is 5. The summed E-state index contributed by atoms with van der Waals surface area (Å²) in [6.07, 6.45) is 2.20. The molecule has 6 N–H and O–H groups in total. The zero-order valence-corrected chi connectivity index (χ0v) is 35.7. The van der Waals surface area contributed by atoms with Gasteiger partial charge in [-0.1, -0.05) is 0 Å². The standard InChI is InChI=1S/C43H50F4N10O5S/c1-42(2,62)24-49-22-27(21-48)37-32(43(45,46)47)23-50-41(54-37)52-34-6-4-29(20-33(34)44)63-51-13-18-55-14-9-25(10-15-55)26-11-16-56(17-12-26)28-3-5-30-31(19-28)40(61)57(39(30)60)35-7-8-36(58)53-38(35)59/h3-6,19-23,25-26,35,51,62H,7-18,24,48H2,1-2H3,(H,50,52,54)(H,53,58,59)/b27-21+,49-22?. The van der Waals surface area contributed by atoms with Gasteiger partial charge in [-0.05, 0) is 119 Å². The van der Waals surface area contributed by atoms with E-state index >= 15 is 4.39 Å². The average Bonchev–Trinajstić information content (AvgIpc) is 3.49. The van der Waals surface area contributed by atoms with E-state index in [1.54, 1.807) is 18.2 Å². The van der Waals surface area contributed by atoms with Crippen LogP contribution < -0.4 is 26.0 Å². The molecule has 1 unspecified atom stereocenters. The van der Waals surface area contributed by atoms with Crippen LogP contribution in [0.15, 0.2) is 58.7 Å². The lowest BCUT2D eigenvalue weighted by atomic mass is 9.78. The summed E-state index contributed by atoms with van der Waals surface area (Å²) in [5.74, 6) is -1.79. The van der Waals surface area contributed by atoms with Crippen LogP contribution in [0.3, 0.4) is 0 Å². The molecule has 1 atom stereocenters. The number of imide groups is 2. The van der Waals surface area contributed by atoms with Crippen molar-refractivity contribution in [2.75, 3.05) is 56.0 Å². The summed E-state index contributed by atoms with van der Waals surface area (Å²) in [4.78, 5) is 68.5. The van der Waals surface area contributed by atoms with Crippen LogP contribution >= 0.6 is 11.9 Å². The quantitative estimate of drug-likeness (QED) is 0.0469. The van der Waals surface area contributed by atoms with Crippen molar-refractivity contribution in [3.8, 4) is 0 Å². The number of nitrogens with one attached hydrogen (secondary N) is 3. The fraction of sp³-hybridized carbons (Fsp3) is 0.465. The Bertz CT molecular complexity index is 2290. The Labute approximate surface area is 366 Å². The van der Waals surface area contributed by atoms with E-state index in [-0.39, 0.29) is 47.7 Å². The van der Waals surface area contributed by atoms with Gasteiger partial charge in [0, 0.05) is 67.4 Å². The normalized spacial score (nSPS) is 19.9. The maximum Gasteiger partial charge on any atom is 0.419 e. The van der Waals surface area contributed by atoms with Gasteiger partial charge in [-0.3, -0.25) is 39.1 Å². The van der Waals surface area contributed by atoms with Crippen LogP contribution in [0.4, 0.5) is 34.9 Å². The molecule has 3 aromatic rings. The van der Waals surface area contributed by atoms with Crippen molar-refractivity contribution in [3.05, 3.63) is 77.0 Å². The van der Waals surface area contributed by atoms with E-state index in [4.69, 9.17) is 5.73 Å². The number of fused-ring (bicyclic) bond motifs is 1. The smallest absolute Gasteiger partial charge is 0.404 e. The van der Waals surface area contributed by atoms with Crippen molar-refractivity contribution in [1.82, 2.24) is 29.8 Å². The highest BCUT2D eigenvalue weighted by Crippen LogP contribution is 2.37. The molecule has 1 aromatic heterocycles. The summed E-state index contributed by atoms with van der Waals surface area (Å²) in [6.45, 7) is 7.99. The Balaban J connectivity index is 0.840. The minimum absolute atomic E-state index is 0.0370. The number of nitrogens with two attached hydrogens (primary N) is 1. The molecule has 15 nitrogen and oxygen atoms in total. The average molecular weight is 895 g/mol. The van der Waals surface area contributed by atoms with E-state index in [0.717, 1.165) is 81.4 Å². The van der Waals surface area contributed by atoms with E-state index in [2.05, 4.69) is 40.1 Å². The summed E-state index contributed by atoms with van der Waals surface area (Å²) in [6, 6.07) is 8.71. The van der Waals surface area contributed by atoms with Crippen LogP contribution in [0, 0.1) is 17.7 Å². The number of allylic oxidation sites excluding steroid dienone is 1. The van der Waals surface area contributed by atoms with Crippen LogP contribution in [-0.2, 0) is 15.8 Å². The van der Waals surface area contributed by atoms with Crippen LogP contribution in [-0.4, -0.2) is 112 Å². The number of aliphatic imine (C=N–C) groups is 1. The molecule has 0 bridgehead atoms. The largest absolute Gasteiger partial charge is 0.419 e. The second-order valence-corrected chi connectivity index (χ2v) is 17.8. The Morgan fingerprint density at radius 3 is 2.33 bits per heavy atom. The van der Waals surface area contributed by atoms with Gasteiger partial charge < -0.3 is 26.0 Å². The van der Waals surface area contributed by atoms with Gasteiger partial charge in [0.05, 0.1) is 34.7 Å². The molecule has 5 heterocycles. The summed E-state index contributed by atoms with van der Waals surface area (Å²) in [5, 5.41) is 14.8. The zero-order chi connectivity index (χ0) is 45.1. The van der Waals surface area contributed by atoms with Crippen molar-refractivity contribution >= 4 is 64.7 Å². The molecule has 4 aliphatic heterocycles. The lowest BCUT2D eigenvalue weighted by Crippen LogP contribution is -2.54. The molecule has 0 aliphatic carbocycles. The lowest BCUT2D eigenvalue weighted by Gasteiger charge is -2.41. The van der Waals surface area contributed by atoms with Gasteiger partial charge >= 0.3 is 6.18 Å². The number of rotatable bonds is 14. The maximum absolute atomic E-state index is 15.2. The Hall–Kier alpha value is -5.44. The Kier molecular flexibility index (Phi) is 13.8. The molecule has 2 aromatic carbocycles. The van der Waals surface area contributed by atoms with Crippen molar-refractivity contribution in [2.24, 2.45) is 22.6 Å². The van der Waals surface area contributed by atoms with E-state index in [9.17, 15) is 37.5 Å². The number of hydrogen-bond acceptors (Lipinski definition) is 14. The maximum atomic E-state index is 15.2. The number of alkyl halides is 3. The van der Waals surface area contributed by atoms with Crippen molar-refractivity contribution in [3.63, 3.8) is 0 Å². The number of benzene rings is 2. The molecule has 3 fully saturated rings. The number of anilines is 3. The second-order valence-electron chi connectivity index (χ2n) is 16.8. The van der Waals surface area contributed by atoms with Gasteiger partial charge in [-0.15, -0.1) is 0 Å². The van der Waals surface area contributed by atoms with Crippen LogP contribution in [0.25, 0.3) is 5.57 Å². The molecule has 63 heavy (non-hydrogen) atoms. The number of amides is 4. The fourth-order valence-electron chi connectivity index (χ4n) is 8.47. The summed E-state index contributed by atoms with van der Waals surface area (Å²) in [7, 11) is 0. The van der Waals surface area contributed by atoms with E-state index in [1.807, 2.05) is 6.07 Å². The molecule has 7 rings (SSSR count). The predicted molar refractivity (Wildman–Crippen MR) is 230 cm³/mol. The number of nitrogens with zero attached hydrogens (tertiary/aromatic N) is 6. The van der Waals surface area contributed by atoms with E-state index < -0.39 is 58.5 Å². The number of aromatic nitrogens is 2. The predicted octanol–water partition coefficient (Wildman–Crippen LogP) is 5.15. The third kappa shape index (κ3) is 10.9. The monoisotopic (exact) mass is 894 g/mol. The lowest BCUT2D eigenvalue weighted by molar-refractivity contribution is -0.138. The van der Waals surface area contributed by atoms with Gasteiger partial charge in [0.2, 0.25) is 17.8 Å². The van der Waals surface area contributed by atoms with Gasteiger partial charge in [-0.25, -0.2) is 14.4 Å². The van der Waals surface area contributed by atoms with Gasteiger partial charge in [0.1, 0.15) is 17.4 Å². The molecule has 0 spiro atoms. The van der Waals surface area contributed by atoms with E-state index in [0.29, 0.717) is 29.5 Å². The summed E-state index contributed by atoms with van der Waals surface area (Å²) < 4.78 is 60.0. The Morgan fingerprint density at radius 1 is 0.984 bits per heavy atom. The topological polar surface area (TPSA) is 198 Å². The molecule has 0 radical (unpaired) electrons. The zero-order valence-electron chi connectivity index (χ0n) is 34.9. The van der Waals surface area contributed by atoms with Crippen LogP contribution in [0.2, 0.25) is 0 Å². The van der Waals surface area contributed by atoms with Crippen molar-refractivity contribution in [2.45, 2.75) is 75.1 Å². The van der Waals surface area contributed by atoms with Crippen molar-refractivity contribution < 1.29 is 41.8 Å². The number of halogens is 4. The third-order valence-electron chi connectivity index (χ3n) is 11.8. The SMILES string of the molecule is CC(C)(O)CN=C/C(=C\N)c1nc(Nc2ccc(SNCCN3CCC(C4CCN(c5ccc6c(c5)C(=O)N(C5CCC(=O)NC5=O)C6=O)CC4)CC3)cc2F)ncc1C(F)(F)F. The highest BCUT2D eigenvalue weighted by Gasteiger charge is 2.45. The van der Waals surface area contributed by atoms with Crippen molar-refractivity contribution in [1.29, 1.82) is 0 Å². The van der Waals surface area contributed by atoms with Gasteiger partial charge in [0.25, 0.3) is 11.8 Å². The highest BCUT2D eigenvalue weighted by atomic mass is 32.2. The minimum Gasteiger partial charge on any atom is -0.404 e. The number of aliphatic hydroxyl groups is 1.